The summed E-state index contributed by atoms with van der Waals surface area (Å²) in [7, 11) is 0. The monoisotopic (exact) mass is 249 g/mol. The molecule has 0 bridgehead atoms. The summed E-state index contributed by atoms with van der Waals surface area (Å²) in [5, 5.41) is 3.08. The first-order chi connectivity index (χ1) is 8.06. The molecule has 0 saturated heterocycles. The summed E-state index contributed by atoms with van der Waals surface area (Å²) in [6, 6.07) is 1.39. The zero-order valence-corrected chi connectivity index (χ0v) is 10.2. The molecule has 1 amide bonds. The van der Waals surface area contributed by atoms with E-state index in [0.717, 1.165) is 10.6 Å². The number of pyridine rings is 1. The Morgan fingerprint density at radius 1 is 1.47 bits per heavy atom. The lowest BCUT2D eigenvalue weighted by atomic mass is 10.2. The van der Waals surface area contributed by atoms with Crippen molar-refractivity contribution >= 4 is 22.4 Å². The lowest BCUT2D eigenvalue weighted by Gasteiger charge is -2.01. The van der Waals surface area contributed by atoms with Crippen LogP contribution in [0.4, 0.5) is 5.13 Å². The largest absolute Gasteiger partial charge is 0.364 e. The van der Waals surface area contributed by atoms with Crippen molar-refractivity contribution in [3.63, 3.8) is 0 Å². The maximum absolute atomic E-state index is 11.8. The Kier molecular flexibility index (Phi) is 3.06. The van der Waals surface area contributed by atoms with E-state index in [4.69, 9.17) is 0 Å². The van der Waals surface area contributed by atoms with Crippen LogP contribution in [0.5, 0.6) is 0 Å². The van der Waals surface area contributed by atoms with Crippen LogP contribution in [0.15, 0.2) is 23.3 Å². The Hall–Kier alpha value is -1.95. The lowest BCUT2D eigenvalue weighted by molar-refractivity contribution is 0.102. The molecule has 17 heavy (non-hydrogen) atoms. The fraction of sp³-hybridized carbons (Fsp3) is 0.182. The van der Waals surface area contributed by atoms with Gasteiger partial charge in [-0.05, 0) is 13.8 Å². The minimum Gasteiger partial charge on any atom is -0.364 e. The van der Waals surface area contributed by atoms with Crippen molar-refractivity contribution in [3.8, 4) is 0 Å². The van der Waals surface area contributed by atoms with Crippen molar-refractivity contribution in [2.24, 2.45) is 0 Å². The number of amides is 1. The molecule has 0 saturated carbocycles. The number of anilines is 1. The highest BCUT2D eigenvalue weighted by Crippen LogP contribution is 2.16. The van der Waals surface area contributed by atoms with Gasteiger partial charge in [0.05, 0.1) is 0 Å². The van der Waals surface area contributed by atoms with E-state index in [1.165, 1.54) is 23.6 Å². The van der Waals surface area contributed by atoms with Gasteiger partial charge in [-0.2, -0.15) is 0 Å². The molecule has 5 nitrogen and oxygen atoms in total. The number of aryl methyl sites for hydroxylation is 2. The average Bonchev–Trinajstić information content (AvgIpc) is 2.63. The predicted octanol–water partition coefficient (Wildman–Crippen LogP) is 1.70. The van der Waals surface area contributed by atoms with E-state index in [2.05, 4.69) is 15.3 Å². The molecule has 2 N–H and O–H groups in total. The van der Waals surface area contributed by atoms with E-state index in [-0.39, 0.29) is 11.0 Å². The molecule has 2 aromatic rings. The van der Waals surface area contributed by atoms with Gasteiger partial charge in [0, 0.05) is 29.0 Å². The Balaban J connectivity index is 2.23. The third-order valence-electron chi connectivity index (χ3n) is 2.14. The van der Waals surface area contributed by atoms with Gasteiger partial charge in [0.1, 0.15) is 5.56 Å². The molecule has 0 fully saturated rings. The number of aromatic nitrogens is 2. The molecule has 6 heteroatoms. The Morgan fingerprint density at radius 2 is 2.24 bits per heavy atom. The third-order valence-corrected chi connectivity index (χ3v) is 2.97. The number of nitrogens with one attached hydrogen (secondary N) is 2. The van der Waals surface area contributed by atoms with Gasteiger partial charge in [-0.3, -0.25) is 14.9 Å². The van der Waals surface area contributed by atoms with E-state index in [0.29, 0.717) is 5.13 Å². The Bertz CT molecular complexity index is 615. The second-order valence-electron chi connectivity index (χ2n) is 3.62. The maximum Gasteiger partial charge on any atom is 0.262 e. The van der Waals surface area contributed by atoms with Crippen molar-refractivity contribution in [3.05, 3.63) is 44.8 Å². The number of thiazole rings is 1. The molecule has 0 unspecified atom stereocenters. The molecule has 2 heterocycles. The highest BCUT2D eigenvalue weighted by atomic mass is 32.1. The number of carbonyl (C=O) groups is 1. The summed E-state index contributed by atoms with van der Waals surface area (Å²) in [6.45, 7) is 3.65. The first-order valence-corrected chi connectivity index (χ1v) is 5.81. The van der Waals surface area contributed by atoms with Gasteiger partial charge in [-0.15, -0.1) is 11.3 Å². The van der Waals surface area contributed by atoms with Crippen LogP contribution < -0.4 is 10.7 Å². The first kappa shape index (κ1) is 11.5. The number of hydrogen-bond donors (Lipinski definition) is 2. The van der Waals surface area contributed by atoms with Gasteiger partial charge in [0.2, 0.25) is 0 Å². The van der Waals surface area contributed by atoms with E-state index >= 15 is 0 Å². The van der Waals surface area contributed by atoms with Crippen LogP contribution in [0.1, 0.15) is 20.9 Å². The molecule has 0 spiro atoms. The van der Waals surface area contributed by atoms with Crippen LogP contribution in [0.25, 0.3) is 0 Å². The summed E-state index contributed by atoms with van der Waals surface area (Å²) < 4.78 is 0. The molecule has 2 aromatic heterocycles. The third kappa shape index (κ3) is 2.59. The zero-order valence-electron chi connectivity index (χ0n) is 9.40. The number of rotatable bonds is 2. The van der Waals surface area contributed by atoms with Crippen LogP contribution in [-0.2, 0) is 0 Å². The summed E-state index contributed by atoms with van der Waals surface area (Å²) in [4.78, 5) is 31.2. The van der Waals surface area contributed by atoms with Gasteiger partial charge >= 0.3 is 0 Å². The van der Waals surface area contributed by atoms with Crippen molar-refractivity contribution in [2.75, 3.05) is 5.32 Å². The first-order valence-electron chi connectivity index (χ1n) is 4.99. The molecular formula is C11H11N3O2S. The smallest absolute Gasteiger partial charge is 0.262 e. The van der Waals surface area contributed by atoms with Crippen LogP contribution in [-0.4, -0.2) is 15.9 Å². The van der Waals surface area contributed by atoms with Gasteiger partial charge in [0.15, 0.2) is 10.6 Å². The van der Waals surface area contributed by atoms with Crippen molar-refractivity contribution < 1.29 is 4.79 Å². The molecule has 0 aliphatic carbocycles. The summed E-state index contributed by atoms with van der Waals surface area (Å²) in [6.07, 6.45) is 3.08. The number of hydrogen-bond acceptors (Lipinski definition) is 4. The highest BCUT2D eigenvalue weighted by molar-refractivity contribution is 7.15. The molecule has 0 atom stereocenters. The van der Waals surface area contributed by atoms with E-state index in [1.807, 2.05) is 6.92 Å². The fourth-order valence-electron chi connectivity index (χ4n) is 1.33. The van der Waals surface area contributed by atoms with E-state index in [1.54, 1.807) is 13.1 Å². The summed E-state index contributed by atoms with van der Waals surface area (Å²) in [5.41, 5.74) is 0.507. The second kappa shape index (κ2) is 4.50. The fourth-order valence-corrected chi connectivity index (χ4v) is 1.99. The number of aromatic amines is 1. The lowest BCUT2D eigenvalue weighted by Crippen LogP contribution is -2.21. The SMILES string of the molecule is Cc1cc(=O)c(C(=O)Nc2ncc(C)s2)c[nH]1. The molecule has 0 aliphatic heterocycles. The minimum atomic E-state index is -0.444. The molecule has 0 aromatic carbocycles. The number of H-pyrrole nitrogens is 1. The summed E-state index contributed by atoms with van der Waals surface area (Å²) in [5.74, 6) is -0.444. The van der Waals surface area contributed by atoms with Gasteiger partial charge < -0.3 is 4.98 Å². The molecule has 88 valence electrons. The Morgan fingerprint density at radius 3 is 2.82 bits per heavy atom. The van der Waals surface area contributed by atoms with E-state index < -0.39 is 5.91 Å². The predicted molar refractivity (Wildman–Crippen MR) is 66.6 cm³/mol. The van der Waals surface area contributed by atoms with Crippen LogP contribution in [0, 0.1) is 13.8 Å². The standard InChI is InChI=1S/C11H11N3O2S/c1-6-3-9(15)8(5-12-6)10(16)14-11-13-4-7(2)17-11/h3-5H,1-2H3,(H,12,15)(H,13,14,16). The molecular weight excluding hydrogens is 238 g/mol. The highest BCUT2D eigenvalue weighted by Gasteiger charge is 2.11. The van der Waals surface area contributed by atoms with Crippen molar-refractivity contribution in [1.29, 1.82) is 0 Å². The normalized spacial score (nSPS) is 10.2. The van der Waals surface area contributed by atoms with Crippen LogP contribution >= 0.6 is 11.3 Å². The molecule has 0 aliphatic rings. The topological polar surface area (TPSA) is 74.8 Å². The Labute approximate surface area is 102 Å². The van der Waals surface area contributed by atoms with Crippen molar-refractivity contribution in [2.45, 2.75) is 13.8 Å². The van der Waals surface area contributed by atoms with Gasteiger partial charge in [0.25, 0.3) is 5.91 Å². The summed E-state index contributed by atoms with van der Waals surface area (Å²) >= 11 is 1.36. The zero-order chi connectivity index (χ0) is 12.4. The number of nitrogens with zero attached hydrogens (tertiary/aromatic N) is 1. The molecule has 2 rings (SSSR count). The minimum absolute atomic E-state index is 0.0865. The quantitative estimate of drug-likeness (QED) is 0.850. The average molecular weight is 249 g/mol. The number of carbonyl (C=O) groups excluding carboxylic acids is 1. The second-order valence-corrected chi connectivity index (χ2v) is 4.86. The van der Waals surface area contributed by atoms with Crippen LogP contribution in [0.2, 0.25) is 0 Å². The van der Waals surface area contributed by atoms with E-state index in [9.17, 15) is 9.59 Å². The molecule has 0 radical (unpaired) electrons. The van der Waals surface area contributed by atoms with Gasteiger partial charge in [-0.25, -0.2) is 4.98 Å². The maximum atomic E-state index is 11.8. The van der Waals surface area contributed by atoms with Crippen molar-refractivity contribution in [1.82, 2.24) is 9.97 Å². The van der Waals surface area contributed by atoms with Crippen LogP contribution in [0.3, 0.4) is 0 Å². The van der Waals surface area contributed by atoms with Gasteiger partial charge in [-0.1, -0.05) is 0 Å².